The number of nitrogens with two attached hydrogens (primary N) is 1. The van der Waals surface area contributed by atoms with Gasteiger partial charge in [0, 0.05) is 43.3 Å². The standard InChI is InChI=1S/C14H21ClFN3O2S.ClH/c1-10(17)11-6-7-19(8-11)22(20,21)18(2)9-12-13(15)4-3-5-14(12)16;/h3-5,10-11H,6-9,17H2,1-2H3;1H. The van der Waals surface area contributed by atoms with Gasteiger partial charge in [-0.15, -0.1) is 12.4 Å². The lowest BCUT2D eigenvalue weighted by Crippen LogP contribution is -2.41. The molecule has 0 saturated carbocycles. The van der Waals surface area contributed by atoms with E-state index < -0.39 is 16.0 Å². The predicted molar refractivity (Wildman–Crippen MR) is 92.4 cm³/mol. The molecule has 0 amide bonds. The summed E-state index contributed by atoms with van der Waals surface area (Å²) in [6.07, 6.45) is 0.741. The number of hydrogen-bond acceptors (Lipinski definition) is 3. The number of halogens is 3. The van der Waals surface area contributed by atoms with Gasteiger partial charge in [0.15, 0.2) is 0 Å². The highest BCUT2D eigenvalue weighted by Crippen LogP contribution is 2.26. The van der Waals surface area contributed by atoms with Crippen molar-refractivity contribution in [1.82, 2.24) is 8.61 Å². The Hall–Kier alpha value is -0.440. The van der Waals surface area contributed by atoms with Crippen molar-refractivity contribution in [3.05, 3.63) is 34.6 Å². The van der Waals surface area contributed by atoms with E-state index in [1.54, 1.807) is 6.07 Å². The first kappa shape index (κ1) is 20.6. The average molecular weight is 386 g/mol. The Bertz CT molecular complexity index is 623. The molecule has 2 atom stereocenters. The van der Waals surface area contributed by atoms with Crippen LogP contribution >= 0.6 is 24.0 Å². The van der Waals surface area contributed by atoms with Crippen LogP contribution in [-0.4, -0.2) is 43.2 Å². The molecular weight excluding hydrogens is 364 g/mol. The van der Waals surface area contributed by atoms with Gasteiger partial charge in [0.1, 0.15) is 5.82 Å². The second-order valence-corrected chi connectivity index (χ2v) is 8.17. The molecule has 1 fully saturated rings. The second-order valence-electron chi connectivity index (χ2n) is 5.73. The Morgan fingerprint density at radius 3 is 2.70 bits per heavy atom. The summed E-state index contributed by atoms with van der Waals surface area (Å²) in [6.45, 7) is 2.61. The average Bonchev–Trinajstić information content (AvgIpc) is 2.93. The fourth-order valence-electron chi connectivity index (χ4n) is 2.58. The highest BCUT2D eigenvalue weighted by molar-refractivity contribution is 7.86. The zero-order valence-corrected chi connectivity index (χ0v) is 15.5. The second kappa shape index (κ2) is 8.09. The first-order chi connectivity index (χ1) is 10.2. The molecule has 1 aliphatic heterocycles. The molecule has 2 N–H and O–H groups in total. The third kappa shape index (κ3) is 4.55. The van der Waals surface area contributed by atoms with Gasteiger partial charge in [-0.1, -0.05) is 17.7 Å². The highest BCUT2D eigenvalue weighted by Gasteiger charge is 2.35. The number of hydrogen-bond donors (Lipinski definition) is 1. The minimum absolute atomic E-state index is 0. The Morgan fingerprint density at radius 1 is 1.52 bits per heavy atom. The molecule has 23 heavy (non-hydrogen) atoms. The number of rotatable bonds is 5. The van der Waals surface area contributed by atoms with Crippen LogP contribution < -0.4 is 5.73 Å². The molecule has 5 nitrogen and oxygen atoms in total. The third-order valence-electron chi connectivity index (χ3n) is 4.09. The smallest absolute Gasteiger partial charge is 0.282 e. The zero-order chi connectivity index (χ0) is 16.5. The lowest BCUT2D eigenvalue weighted by molar-refractivity contribution is 0.374. The molecule has 1 heterocycles. The summed E-state index contributed by atoms with van der Waals surface area (Å²) in [5.74, 6) is -0.357. The predicted octanol–water partition coefficient (Wildman–Crippen LogP) is 2.25. The van der Waals surface area contributed by atoms with Crippen LogP contribution in [-0.2, 0) is 16.8 Å². The molecule has 2 rings (SSSR count). The Balaban J connectivity index is 0.00000264. The van der Waals surface area contributed by atoms with E-state index >= 15 is 0 Å². The van der Waals surface area contributed by atoms with Gasteiger partial charge in [0.25, 0.3) is 10.2 Å². The van der Waals surface area contributed by atoms with Crippen molar-refractivity contribution in [2.45, 2.75) is 25.9 Å². The quantitative estimate of drug-likeness (QED) is 0.844. The summed E-state index contributed by atoms with van der Waals surface area (Å²) in [5.41, 5.74) is 6.02. The summed E-state index contributed by atoms with van der Waals surface area (Å²) in [4.78, 5) is 0. The molecule has 1 aliphatic rings. The van der Waals surface area contributed by atoms with Crippen molar-refractivity contribution in [3.63, 3.8) is 0 Å². The lowest BCUT2D eigenvalue weighted by atomic mass is 10.0. The molecule has 1 aromatic rings. The summed E-state index contributed by atoms with van der Waals surface area (Å²) in [6, 6.07) is 4.25. The van der Waals surface area contributed by atoms with Crippen molar-refractivity contribution in [2.75, 3.05) is 20.1 Å². The number of nitrogens with zero attached hydrogens (tertiary/aromatic N) is 2. The molecule has 0 bridgehead atoms. The fraction of sp³-hybridized carbons (Fsp3) is 0.571. The van der Waals surface area contributed by atoms with Crippen LogP contribution in [0.1, 0.15) is 18.9 Å². The zero-order valence-electron chi connectivity index (χ0n) is 13.1. The van der Waals surface area contributed by atoms with Gasteiger partial charge in [-0.25, -0.2) is 4.39 Å². The fourth-order valence-corrected chi connectivity index (χ4v) is 4.20. The van der Waals surface area contributed by atoms with E-state index in [1.807, 2.05) is 6.92 Å². The monoisotopic (exact) mass is 385 g/mol. The summed E-state index contributed by atoms with van der Waals surface area (Å²) in [5, 5.41) is 0.219. The molecule has 1 saturated heterocycles. The van der Waals surface area contributed by atoms with Crippen LogP contribution in [0.2, 0.25) is 5.02 Å². The summed E-state index contributed by atoms with van der Waals surface area (Å²) in [7, 11) is -2.22. The number of benzene rings is 1. The maximum Gasteiger partial charge on any atom is 0.282 e. The van der Waals surface area contributed by atoms with E-state index in [2.05, 4.69) is 0 Å². The van der Waals surface area contributed by atoms with Gasteiger partial charge in [0.2, 0.25) is 0 Å². The molecule has 1 aromatic carbocycles. The van der Waals surface area contributed by atoms with E-state index in [0.29, 0.717) is 13.1 Å². The van der Waals surface area contributed by atoms with Gasteiger partial charge >= 0.3 is 0 Å². The SMILES string of the molecule is CC(N)C1CCN(S(=O)(=O)N(C)Cc2c(F)cccc2Cl)C1.Cl. The minimum atomic E-state index is -3.65. The van der Waals surface area contributed by atoms with E-state index in [-0.39, 0.29) is 41.5 Å². The summed E-state index contributed by atoms with van der Waals surface area (Å²) >= 11 is 5.96. The normalized spacial score (nSPS) is 20.5. The lowest BCUT2D eigenvalue weighted by Gasteiger charge is -2.25. The van der Waals surface area contributed by atoms with Crippen LogP contribution in [0.25, 0.3) is 0 Å². The molecule has 0 aliphatic carbocycles. The Kier molecular flexibility index (Phi) is 7.25. The molecule has 132 valence electrons. The van der Waals surface area contributed by atoms with E-state index in [1.165, 1.54) is 23.5 Å². The molecule has 0 radical (unpaired) electrons. The van der Waals surface area contributed by atoms with Crippen LogP contribution in [0, 0.1) is 11.7 Å². The van der Waals surface area contributed by atoms with E-state index in [9.17, 15) is 12.8 Å². The van der Waals surface area contributed by atoms with Crippen molar-refractivity contribution in [2.24, 2.45) is 11.7 Å². The van der Waals surface area contributed by atoms with E-state index in [4.69, 9.17) is 17.3 Å². The van der Waals surface area contributed by atoms with Gasteiger partial charge in [-0.05, 0) is 31.4 Å². The van der Waals surface area contributed by atoms with Gasteiger partial charge in [0.05, 0.1) is 0 Å². The van der Waals surface area contributed by atoms with Crippen molar-refractivity contribution in [1.29, 1.82) is 0 Å². The Labute approximate surface area is 148 Å². The molecule has 2 unspecified atom stereocenters. The van der Waals surface area contributed by atoms with Crippen molar-refractivity contribution >= 4 is 34.2 Å². The minimum Gasteiger partial charge on any atom is -0.328 e. The van der Waals surface area contributed by atoms with Crippen molar-refractivity contribution in [3.8, 4) is 0 Å². The molecular formula is C14H22Cl2FN3O2S. The molecule has 0 spiro atoms. The van der Waals surface area contributed by atoms with Gasteiger partial charge in [-0.2, -0.15) is 17.0 Å². The van der Waals surface area contributed by atoms with Crippen molar-refractivity contribution < 1.29 is 12.8 Å². The summed E-state index contributed by atoms with van der Waals surface area (Å²) < 4.78 is 41.5. The Morgan fingerprint density at radius 2 is 2.17 bits per heavy atom. The van der Waals surface area contributed by atoms with Crippen LogP contribution in [0.15, 0.2) is 18.2 Å². The topological polar surface area (TPSA) is 66.6 Å². The van der Waals surface area contributed by atoms with Gasteiger partial charge < -0.3 is 5.73 Å². The van der Waals surface area contributed by atoms with Crippen LogP contribution in [0.4, 0.5) is 4.39 Å². The first-order valence-corrected chi connectivity index (χ1v) is 8.91. The highest BCUT2D eigenvalue weighted by atomic mass is 35.5. The first-order valence-electron chi connectivity index (χ1n) is 7.13. The third-order valence-corrected chi connectivity index (χ3v) is 6.35. The van der Waals surface area contributed by atoms with Crippen LogP contribution in [0.5, 0.6) is 0 Å². The van der Waals surface area contributed by atoms with E-state index in [0.717, 1.165) is 10.7 Å². The van der Waals surface area contributed by atoms with Gasteiger partial charge in [-0.3, -0.25) is 0 Å². The molecule has 0 aromatic heterocycles. The van der Waals surface area contributed by atoms with Crippen LogP contribution in [0.3, 0.4) is 0 Å². The molecule has 9 heteroatoms. The maximum absolute atomic E-state index is 13.8. The maximum atomic E-state index is 13.8. The largest absolute Gasteiger partial charge is 0.328 e.